The van der Waals surface area contributed by atoms with Crippen LogP contribution < -0.4 is 0 Å². The Hall–Kier alpha value is -0.830. The minimum atomic E-state index is -4.61. The number of nitrogens with zero attached hydrogens (tertiary/aromatic N) is 1. The van der Waals surface area contributed by atoms with Gasteiger partial charge in [-0.3, -0.25) is 4.79 Å². The van der Waals surface area contributed by atoms with Crippen molar-refractivity contribution in [1.29, 1.82) is 0 Å². The van der Waals surface area contributed by atoms with Crippen LogP contribution in [0, 0.1) is 0 Å². The van der Waals surface area contributed by atoms with Gasteiger partial charge < -0.3 is 5.11 Å². The van der Waals surface area contributed by atoms with Gasteiger partial charge in [0.25, 0.3) is 0 Å². The van der Waals surface area contributed by atoms with E-state index in [9.17, 15) is 26.4 Å². The van der Waals surface area contributed by atoms with Crippen molar-refractivity contribution in [2.45, 2.75) is 31.5 Å². The molecule has 0 radical (unpaired) electrons. The summed E-state index contributed by atoms with van der Waals surface area (Å²) in [5.74, 6) is -2.15. The van der Waals surface area contributed by atoms with E-state index in [0.717, 1.165) is 0 Å². The van der Waals surface area contributed by atoms with Gasteiger partial charge in [-0.05, 0) is 12.8 Å². The average Bonchev–Trinajstić information content (AvgIpc) is 2.93. The summed E-state index contributed by atoms with van der Waals surface area (Å²) >= 11 is 0. The third-order valence-electron chi connectivity index (χ3n) is 2.22. The molecule has 0 aromatic carbocycles. The number of sulfonamides is 1. The number of hydrogen-bond acceptors (Lipinski definition) is 3. The lowest BCUT2D eigenvalue weighted by Gasteiger charge is -2.22. The van der Waals surface area contributed by atoms with E-state index in [1.54, 1.807) is 0 Å². The van der Waals surface area contributed by atoms with Crippen molar-refractivity contribution in [1.82, 2.24) is 4.31 Å². The molecule has 0 heterocycles. The third kappa shape index (κ3) is 4.90. The molecule has 0 amide bonds. The Kier molecular flexibility index (Phi) is 4.03. The van der Waals surface area contributed by atoms with E-state index in [1.165, 1.54) is 0 Å². The molecule has 1 saturated carbocycles. The average molecular weight is 275 g/mol. The number of rotatable bonds is 6. The van der Waals surface area contributed by atoms with Crippen LogP contribution in [-0.4, -0.2) is 48.3 Å². The normalized spacial score (nSPS) is 17.4. The predicted molar refractivity (Wildman–Crippen MR) is 51.8 cm³/mol. The molecule has 0 aromatic rings. The van der Waals surface area contributed by atoms with Gasteiger partial charge in [-0.15, -0.1) is 0 Å². The highest BCUT2D eigenvalue weighted by Gasteiger charge is 2.43. The Morgan fingerprint density at radius 2 is 1.88 bits per heavy atom. The molecule has 0 unspecified atom stereocenters. The Balaban J connectivity index is 2.72. The number of aliphatic carboxylic acids is 1. The van der Waals surface area contributed by atoms with Gasteiger partial charge in [-0.25, -0.2) is 8.42 Å². The standard InChI is InChI=1S/C8H12F3NO4S/c9-8(10,11)5-12(6-1-2-6)17(15,16)4-3-7(13)14/h6H,1-5H2,(H,13,14). The van der Waals surface area contributed by atoms with Crippen LogP contribution in [0.5, 0.6) is 0 Å². The molecule has 0 aromatic heterocycles. The summed E-state index contributed by atoms with van der Waals surface area (Å²) in [7, 11) is -4.15. The summed E-state index contributed by atoms with van der Waals surface area (Å²) in [4.78, 5) is 10.2. The van der Waals surface area contributed by atoms with Gasteiger partial charge in [0.05, 0.1) is 12.2 Å². The maximum atomic E-state index is 12.2. The van der Waals surface area contributed by atoms with Gasteiger partial charge in [0.2, 0.25) is 10.0 Å². The summed E-state index contributed by atoms with van der Waals surface area (Å²) in [6.45, 7) is -1.54. The second-order valence-corrected chi connectivity index (χ2v) is 5.89. The summed E-state index contributed by atoms with van der Waals surface area (Å²) in [5, 5.41) is 8.34. The second-order valence-electron chi connectivity index (χ2n) is 3.85. The van der Waals surface area contributed by atoms with Crippen molar-refractivity contribution in [3.63, 3.8) is 0 Å². The van der Waals surface area contributed by atoms with E-state index >= 15 is 0 Å². The molecule has 9 heteroatoms. The van der Waals surface area contributed by atoms with Gasteiger partial charge in [0.15, 0.2) is 0 Å². The lowest BCUT2D eigenvalue weighted by atomic mass is 10.5. The Labute approximate surface area is 96.3 Å². The molecule has 5 nitrogen and oxygen atoms in total. The highest BCUT2D eigenvalue weighted by atomic mass is 32.2. The Bertz CT molecular complexity index is 388. The zero-order valence-electron chi connectivity index (χ0n) is 8.77. The van der Waals surface area contributed by atoms with E-state index in [2.05, 4.69) is 0 Å². The maximum absolute atomic E-state index is 12.2. The lowest BCUT2D eigenvalue weighted by Crippen LogP contribution is -2.41. The first-order valence-corrected chi connectivity index (χ1v) is 6.51. The van der Waals surface area contributed by atoms with E-state index in [4.69, 9.17) is 5.11 Å². The zero-order valence-corrected chi connectivity index (χ0v) is 9.59. The summed E-state index contributed by atoms with van der Waals surface area (Å²) in [6, 6.07) is -0.629. The number of carboxylic acids is 1. The van der Waals surface area contributed by atoms with E-state index in [0.29, 0.717) is 17.1 Å². The van der Waals surface area contributed by atoms with Gasteiger partial charge in [-0.1, -0.05) is 0 Å². The topological polar surface area (TPSA) is 74.7 Å². The monoisotopic (exact) mass is 275 g/mol. The van der Waals surface area contributed by atoms with Crippen LogP contribution >= 0.6 is 0 Å². The van der Waals surface area contributed by atoms with Crippen molar-refractivity contribution in [3.8, 4) is 0 Å². The fourth-order valence-corrected chi connectivity index (χ4v) is 3.00. The Morgan fingerprint density at radius 1 is 1.35 bits per heavy atom. The molecule has 1 aliphatic carbocycles. The van der Waals surface area contributed by atoms with Gasteiger partial charge in [0, 0.05) is 6.04 Å². The van der Waals surface area contributed by atoms with Gasteiger partial charge in [-0.2, -0.15) is 17.5 Å². The molecule has 1 aliphatic rings. The second kappa shape index (κ2) is 4.81. The first-order chi connectivity index (χ1) is 7.62. The quantitative estimate of drug-likeness (QED) is 0.778. The molecular weight excluding hydrogens is 263 g/mol. The molecule has 1 rings (SSSR count). The smallest absolute Gasteiger partial charge is 0.402 e. The molecule has 1 fully saturated rings. The molecule has 17 heavy (non-hydrogen) atoms. The minimum Gasteiger partial charge on any atom is -0.481 e. The fraction of sp³-hybridized carbons (Fsp3) is 0.875. The first-order valence-electron chi connectivity index (χ1n) is 4.90. The molecule has 0 spiro atoms. The highest BCUT2D eigenvalue weighted by Crippen LogP contribution is 2.32. The van der Waals surface area contributed by atoms with Gasteiger partial charge >= 0.3 is 12.1 Å². The number of carbonyl (C=O) groups is 1. The van der Waals surface area contributed by atoms with Crippen molar-refractivity contribution in [2.75, 3.05) is 12.3 Å². The van der Waals surface area contributed by atoms with Crippen LogP contribution in [0.15, 0.2) is 0 Å². The molecule has 0 saturated heterocycles. The van der Waals surface area contributed by atoms with Crippen LogP contribution in [0.2, 0.25) is 0 Å². The van der Waals surface area contributed by atoms with Crippen LogP contribution in [0.1, 0.15) is 19.3 Å². The molecule has 1 N–H and O–H groups in total. The van der Waals surface area contributed by atoms with Crippen LogP contribution in [0.4, 0.5) is 13.2 Å². The van der Waals surface area contributed by atoms with Crippen molar-refractivity contribution in [2.24, 2.45) is 0 Å². The summed E-state index contributed by atoms with van der Waals surface area (Å²) in [5.41, 5.74) is 0. The van der Waals surface area contributed by atoms with Crippen molar-refractivity contribution in [3.05, 3.63) is 0 Å². The SMILES string of the molecule is O=C(O)CCS(=O)(=O)N(CC(F)(F)F)C1CC1. The van der Waals surface area contributed by atoms with E-state index < -0.39 is 46.9 Å². The molecule has 0 atom stereocenters. The van der Waals surface area contributed by atoms with E-state index in [-0.39, 0.29) is 0 Å². The van der Waals surface area contributed by atoms with E-state index in [1.807, 2.05) is 0 Å². The fourth-order valence-electron chi connectivity index (χ4n) is 1.33. The van der Waals surface area contributed by atoms with Crippen LogP contribution in [0.3, 0.4) is 0 Å². The van der Waals surface area contributed by atoms with Crippen LogP contribution in [-0.2, 0) is 14.8 Å². The minimum absolute atomic E-state index is 0.371. The first kappa shape index (κ1) is 14.2. The van der Waals surface area contributed by atoms with Crippen molar-refractivity contribution < 1.29 is 31.5 Å². The highest BCUT2D eigenvalue weighted by molar-refractivity contribution is 7.89. The predicted octanol–water partition coefficient (Wildman–Crippen LogP) is 0.818. The third-order valence-corrected chi connectivity index (χ3v) is 4.08. The largest absolute Gasteiger partial charge is 0.481 e. The molecule has 0 aliphatic heterocycles. The van der Waals surface area contributed by atoms with Crippen LogP contribution in [0.25, 0.3) is 0 Å². The Morgan fingerprint density at radius 3 is 2.24 bits per heavy atom. The summed E-state index contributed by atoms with van der Waals surface area (Å²) < 4.78 is 60.1. The molecule has 0 bridgehead atoms. The molecule has 100 valence electrons. The molecular formula is C8H12F3NO4S. The number of alkyl halides is 3. The number of hydrogen-bond donors (Lipinski definition) is 1. The maximum Gasteiger partial charge on any atom is 0.402 e. The summed E-state index contributed by atoms with van der Waals surface area (Å²) in [6.07, 6.45) is -4.52. The van der Waals surface area contributed by atoms with Crippen molar-refractivity contribution >= 4 is 16.0 Å². The lowest BCUT2D eigenvalue weighted by molar-refractivity contribution is -0.136. The zero-order chi connectivity index (χ0) is 13.3. The number of halogens is 3. The van der Waals surface area contributed by atoms with Gasteiger partial charge in [0.1, 0.15) is 6.54 Å². The number of carboxylic acid groups (broad SMARTS) is 1.